The molecule has 2 nitrogen and oxygen atoms in total. The molecule has 0 aliphatic rings. The van der Waals surface area contributed by atoms with Gasteiger partial charge in [0.1, 0.15) is 0 Å². The second-order valence-electron chi connectivity index (χ2n) is 4.33. The molecule has 0 atom stereocenters. The van der Waals surface area contributed by atoms with Gasteiger partial charge in [-0.2, -0.15) is 0 Å². The quantitative estimate of drug-likeness (QED) is 0.745. The predicted molar refractivity (Wildman–Crippen MR) is 69.6 cm³/mol. The molecule has 0 N–H and O–H groups in total. The van der Waals surface area contributed by atoms with Crippen LogP contribution in [-0.2, 0) is 0 Å². The van der Waals surface area contributed by atoms with Crippen molar-refractivity contribution in [2.75, 3.05) is 19.0 Å². The predicted octanol–water partition coefficient (Wildman–Crippen LogP) is 3.16. The van der Waals surface area contributed by atoms with Crippen LogP contribution in [0.1, 0.15) is 11.4 Å². The van der Waals surface area contributed by atoms with E-state index < -0.39 is 0 Å². The highest BCUT2D eigenvalue weighted by molar-refractivity contribution is 5.63. The zero-order valence-corrected chi connectivity index (χ0v) is 10.4. The number of rotatable bonds is 2. The summed E-state index contributed by atoms with van der Waals surface area (Å²) in [6, 6.07) is 12.8. The van der Waals surface area contributed by atoms with Gasteiger partial charge in [-0.25, -0.2) is 0 Å². The number of anilines is 1. The number of nitrogens with zero attached hydrogens (tertiary/aromatic N) is 2. The Kier molecular flexibility index (Phi) is 2.73. The summed E-state index contributed by atoms with van der Waals surface area (Å²) in [5.41, 5.74) is 5.02. The molecule has 0 aliphatic heterocycles. The molecule has 1 aromatic carbocycles. The molecule has 2 heteroatoms. The van der Waals surface area contributed by atoms with Crippen LogP contribution in [0.25, 0.3) is 5.69 Å². The highest BCUT2D eigenvalue weighted by Gasteiger charge is 2.09. The van der Waals surface area contributed by atoms with Gasteiger partial charge in [-0.1, -0.05) is 12.1 Å². The summed E-state index contributed by atoms with van der Waals surface area (Å²) in [6.07, 6.45) is 0. The monoisotopic (exact) mass is 214 g/mol. The zero-order chi connectivity index (χ0) is 11.7. The van der Waals surface area contributed by atoms with Gasteiger partial charge in [0.05, 0.1) is 11.4 Å². The van der Waals surface area contributed by atoms with Crippen LogP contribution < -0.4 is 4.90 Å². The molecule has 2 aromatic rings. The van der Waals surface area contributed by atoms with E-state index in [0.717, 1.165) is 0 Å². The maximum absolute atomic E-state index is 2.29. The van der Waals surface area contributed by atoms with E-state index in [1.54, 1.807) is 0 Å². The number of para-hydroxylation sites is 2. The molecule has 2 rings (SSSR count). The normalized spacial score (nSPS) is 10.5. The van der Waals surface area contributed by atoms with Crippen LogP contribution in [-0.4, -0.2) is 18.7 Å². The summed E-state index contributed by atoms with van der Waals surface area (Å²) >= 11 is 0. The first-order valence-electron chi connectivity index (χ1n) is 5.53. The lowest BCUT2D eigenvalue weighted by atomic mass is 10.2. The van der Waals surface area contributed by atoms with Crippen LogP contribution in [0.3, 0.4) is 0 Å². The van der Waals surface area contributed by atoms with Crippen molar-refractivity contribution in [2.24, 2.45) is 0 Å². The van der Waals surface area contributed by atoms with Crippen LogP contribution in [0.4, 0.5) is 5.69 Å². The average Bonchev–Trinajstić information content (AvgIpc) is 2.58. The first-order chi connectivity index (χ1) is 7.61. The summed E-state index contributed by atoms with van der Waals surface area (Å²) in [4.78, 5) is 2.15. The Labute approximate surface area is 97.1 Å². The molecule has 0 unspecified atom stereocenters. The molecule has 1 heterocycles. The smallest absolute Gasteiger partial charge is 0.0689 e. The number of hydrogen-bond donors (Lipinski definition) is 0. The van der Waals surface area contributed by atoms with Crippen LogP contribution in [0.15, 0.2) is 36.4 Å². The summed E-state index contributed by atoms with van der Waals surface area (Å²) in [7, 11) is 4.15. The minimum atomic E-state index is 1.24. The van der Waals surface area contributed by atoms with E-state index in [1.165, 1.54) is 22.8 Å². The fourth-order valence-corrected chi connectivity index (χ4v) is 2.08. The van der Waals surface area contributed by atoms with Crippen molar-refractivity contribution in [2.45, 2.75) is 13.8 Å². The van der Waals surface area contributed by atoms with Crippen molar-refractivity contribution in [1.82, 2.24) is 4.57 Å². The molecule has 1 aromatic heterocycles. The van der Waals surface area contributed by atoms with Crippen molar-refractivity contribution >= 4 is 5.69 Å². The Bertz CT molecular complexity index is 476. The summed E-state index contributed by atoms with van der Waals surface area (Å²) in [6.45, 7) is 4.28. The van der Waals surface area contributed by atoms with Gasteiger partial charge in [0.25, 0.3) is 0 Å². The van der Waals surface area contributed by atoms with Gasteiger partial charge in [0, 0.05) is 25.5 Å². The van der Waals surface area contributed by atoms with E-state index in [1.807, 2.05) is 0 Å². The minimum Gasteiger partial charge on any atom is -0.376 e. The fourth-order valence-electron chi connectivity index (χ4n) is 2.08. The molecule has 16 heavy (non-hydrogen) atoms. The Morgan fingerprint density at radius 3 is 2.00 bits per heavy atom. The van der Waals surface area contributed by atoms with Gasteiger partial charge in [0.2, 0.25) is 0 Å². The average molecular weight is 214 g/mol. The standard InChI is InChI=1S/C14H18N2/c1-11-9-10-12(2)16(11)14-8-6-5-7-13(14)15(3)4/h5-10H,1-4H3. The minimum absolute atomic E-state index is 1.24. The van der Waals surface area contributed by atoms with E-state index >= 15 is 0 Å². The lowest BCUT2D eigenvalue weighted by Gasteiger charge is -2.20. The Balaban J connectivity index is 2.64. The van der Waals surface area contributed by atoms with Gasteiger partial charge in [-0.05, 0) is 38.1 Å². The van der Waals surface area contributed by atoms with Gasteiger partial charge >= 0.3 is 0 Å². The molecule has 0 saturated heterocycles. The first-order valence-corrected chi connectivity index (χ1v) is 5.53. The third kappa shape index (κ3) is 1.71. The summed E-state index contributed by atoms with van der Waals surface area (Å²) < 4.78 is 2.29. The summed E-state index contributed by atoms with van der Waals surface area (Å²) in [5.74, 6) is 0. The topological polar surface area (TPSA) is 8.17 Å². The van der Waals surface area contributed by atoms with Crippen molar-refractivity contribution in [3.63, 3.8) is 0 Å². The van der Waals surface area contributed by atoms with Gasteiger partial charge in [-0.3, -0.25) is 0 Å². The first kappa shape index (κ1) is 10.8. The molecule has 0 bridgehead atoms. The third-order valence-corrected chi connectivity index (χ3v) is 2.88. The molecule has 0 aliphatic carbocycles. The summed E-state index contributed by atoms with van der Waals surface area (Å²) in [5, 5.41) is 0. The van der Waals surface area contributed by atoms with E-state index in [2.05, 4.69) is 73.8 Å². The number of benzene rings is 1. The van der Waals surface area contributed by atoms with Crippen molar-refractivity contribution in [3.8, 4) is 5.69 Å². The number of aromatic nitrogens is 1. The molecule has 0 amide bonds. The molecular weight excluding hydrogens is 196 g/mol. The lowest BCUT2D eigenvalue weighted by Crippen LogP contribution is -2.13. The van der Waals surface area contributed by atoms with Crippen LogP contribution in [0.2, 0.25) is 0 Å². The largest absolute Gasteiger partial charge is 0.376 e. The highest BCUT2D eigenvalue weighted by Crippen LogP contribution is 2.25. The second kappa shape index (κ2) is 4.05. The molecule has 84 valence electrons. The van der Waals surface area contributed by atoms with Crippen LogP contribution in [0.5, 0.6) is 0 Å². The number of hydrogen-bond acceptors (Lipinski definition) is 1. The van der Waals surface area contributed by atoms with Crippen molar-refractivity contribution in [1.29, 1.82) is 0 Å². The maximum Gasteiger partial charge on any atom is 0.0689 e. The zero-order valence-electron chi connectivity index (χ0n) is 10.4. The Morgan fingerprint density at radius 2 is 1.44 bits per heavy atom. The maximum atomic E-state index is 2.29. The van der Waals surface area contributed by atoms with E-state index in [-0.39, 0.29) is 0 Å². The molecule has 0 spiro atoms. The Morgan fingerprint density at radius 1 is 0.875 bits per heavy atom. The highest BCUT2D eigenvalue weighted by atomic mass is 15.1. The van der Waals surface area contributed by atoms with Crippen molar-refractivity contribution < 1.29 is 0 Å². The van der Waals surface area contributed by atoms with Gasteiger partial charge < -0.3 is 9.47 Å². The van der Waals surface area contributed by atoms with Crippen LogP contribution >= 0.6 is 0 Å². The van der Waals surface area contributed by atoms with Crippen LogP contribution in [0, 0.1) is 13.8 Å². The molecule has 0 fully saturated rings. The van der Waals surface area contributed by atoms with Gasteiger partial charge in [0.15, 0.2) is 0 Å². The SMILES string of the molecule is Cc1ccc(C)n1-c1ccccc1N(C)C. The fraction of sp³-hybridized carbons (Fsp3) is 0.286. The number of aryl methyl sites for hydroxylation is 2. The lowest BCUT2D eigenvalue weighted by molar-refractivity contribution is 0.952. The van der Waals surface area contributed by atoms with E-state index in [0.29, 0.717) is 0 Å². The third-order valence-electron chi connectivity index (χ3n) is 2.88. The van der Waals surface area contributed by atoms with Crippen molar-refractivity contribution in [3.05, 3.63) is 47.8 Å². The molecular formula is C14H18N2. The van der Waals surface area contributed by atoms with E-state index in [9.17, 15) is 0 Å². The molecule has 0 radical (unpaired) electrons. The van der Waals surface area contributed by atoms with E-state index in [4.69, 9.17) is 0 Å². The van der Waals surface area contributed by atoms with Gasteiger partial charge in [-0.15, -0.1) is 0 Å². The molecule has 0 saturated carbocycles. The second-order valence-corrected chi connectivity index (χ2v) is 4.33. The Hall–Kier alpha value is -1.70.